The van der Waals surface area contributed by atoms with Gasteiger partial charge in [-0.15, -0.1) is 0 Å². The number of amides is 1. The molecule has 2 aliphatic rings. The second-order valence-electron chi connectivity index (χ2n) is 7.01. The zero-order valence-corrected chi connectivity index (χ0v) is 15.9. The van der Waals surface area contributed by atoms with E-state index in [0.717, 1.165) is 5.56 Å². The second-order valence-corrected chi connectivity index (χ2v) is 7.45. The molecule has 2 aromatic rings. The smallest absolute Gasteiger partial charge is 0.291 e. The zero-order valence-electron chi connectivity index (χ0n) is 15.1. The van der Waals surface area contributed by atoms with Gasteiger partial charge in [0.2, 0.25) is 5.78 Å². The monoisotopic (exact) mass is 398 g/mol. The van der Waals surface area contributed by atoms with E-state index >= 15 is 0 Å². The van der Waals surface area contributed by atoms with Gasteiger partial charge < -0.3 is 9.64 Å². The minimum atomic E-state index is -0.983. The summed E-state index contributed by atoms with van der Waals surface area (Å²) in [5, 5.41) is 0.587. The fourth-order valence-electron chi connectivity index (χ4n) is 3.82. The molecule has 1 aromatic carbocycles. The maximum atomic E-state index is 13.2. The highest BCUT2D eigenvalue weighted by Gasteiger charge is 2.46. The van der Waals surface area contributed by atoms with E-state index < -0.39 is 17.6 Å². The maximum absolute atomic E-state index is 13.2. The molecule has 1 amide bonds. The Balaban J connectivity index is 1.62. The largest absolute Gasteiger partial charge is 0.381 e. The number of pyridine rings is 1. The lowest BCUT2D eigenvalue weighted by molar-refractivity contribution is -0.142. The first kappa shape index (κ1) is 18.8. The third-order valence-corrected chi connectivity index (χ3v) is 5.61. The first-order valence-corrected chi connectivity index (χ1v) is 9.61. The number of Topliss-reactive ketones (excluding diaryl/α,β-unsaturated/α-hetero) is 2. The number of aromatic nitrogens is 1. The summed E-state index contributed by atoms with van der Waals surface area (Å²) < 4.78 is 5.33. The lowest BCUT2D eigenvalue weighted by Crippen LogP contribution is -2.41. The van der Waals surface area contributed by atoms with Crippen LogP contribution < -0.4 is 0 Å². The van der Waals surface area contributed by atoms with E-state index in [9.17, 15) is 14.4 Å². The van der Waals surface area contributed by atoms with Gasteiger partial charge in [-0.25, -0.2) is 0 Å². The summed E-state index contributed by atoms with van der Waals surface area (Å²) in [4.78, 5) is 44.0. The molecule has 1 aromatic heterocycles. The predicted molar refractivity (Wildman–Crippen MR) is 103 cm³/mol. The van der Waals surface area contributed by atoms with Crippen LogP contribution in [0.4, 0.5) is 0 Å². The summed E-state index contributed by atoms with van der Waals surface area (Å²) in [5.74, 6) is -2.52. The number of rotatable bonds is 4. The van der Waals surface area contributed by atoms with Gasteiger partial charge in [0.05, 0.1) is 0 Å². The van der Waals surface area contributed by atoms with Crippen LogP contribution in [0.25, 0.3) is 11.1 Å². The molecule has 0 aliphatic carbocycles. The van der Waals surface area contributed by atoms with Crippen molar-refractivity contribution in [2.45, 2.75) is 18.9 Å². The Hall–Kier alpha value is -2.57. The van der Waals surface area contributed by atoms with Crippen LogP contribution in [0, 0.1) is 5.92 Å². The number of halogens is 1. The lowest BCUT2D eigenvalue weighted by Gasteiger charge is -2.30. The number of nitrogens with zero attached hydrogens (tertiary/aromatic N) is 2. The van der Waals surface area contributed by atoms with E-state index in [-0.39, 0.29) is 18.4 Å². The van der Waals surface area contributed by atoms with Crippen molar-refractivity contribution in [1.29, 1.82) is 0 Å². The summed E-state index contributed by atoms with van der Waals surface area (Å²) in [6, 6.07) is 8.61. The number of benzene rings is 1. The van der Waals surface area contributed by atoms with Crippen molar-refractivity contribution in [1.82, 2.24) is 9.88 Å². The Labute approximate surface area is 167 Å². The van der Waals surface area contributed by atoms with Gasteiger partial charge in [-0.3, -0.25) is 19.4 Å². The molecule has 4 rings (SSSR count). The van der Waals surface area contributed by atoms with E-state index in [4.69, 9.17) is 16.3 Å². The molecule has 0 spiro atoms. The summed E-state index contributed by atoms with van der Waals surface area (Å²) in [5.41, 5.74) is 1.78. The molecule has 2 fully saturated rings. The van der Waals surface area contributed by atoms with E-state index in [1.54, 1.807) is 41.4 Å². The van der Waals surface area contributed by atoms with Crippen LogP contribution in [0.5, 0.6) is 0 Å². The van der Waals surface area contributed by atoms with Crippen LogP contribution in [0.2, 0.25) is 5.02 Å². The summed E-state index contributed by atoms with van der Waals surface area (Å²) >= 11 is 5.95. The van der Waals surface area contributed by atoms with Gasteiger partial charge >= 0.3 is 0 Å². The number of ketones is 2. The SMILES string of the molecule is O=C1C(=O)N(C2CCOCC2)CC1C(=O)c1ccncc1-c1ccc(Cl)cc1. The molecule has 0 bridgehead atoms. The van der Waals surface area contributed by atoms with Crippen LogP contribution in [0.3, 0.4) is 0 Å². The van der Waals surface area contributed by atoms with E-state index in [1.807, 2.05) is 0 Å². The summed E-state index contributed by atoms with van der Waals surface area (Å²) in [7, 11) is 0. The number of carbonyl (C=O) groups is 3. The van der Waals surface area contributed by atoms with E-state index in [1.165, 1.54) is 6.20 Å². The van der Waals surface area contributed by atoms with Gasteiger partial charge in [0.1, 0.15) is 5.92 Å². The third kappa shape index (κ3) is 3.45. The van der Waals surface area contributed by atoms with Crippen LogP contribution in [0.1, 0.15) is 23.2 Å². The van der Waals surface area contributed by atoms with Crippen molar-refractivity contribution in [3.8, 4) is 11.1 Å². The maximum Gasteiger partial charge on any atom is 0.291 e. The molecule has 2 saturated heterocycles. The second kappa shape index (κ2) is 7.81. The first-order valence-electron chi connectivity index (χ1n) is 9.23. The van der Waals surface area contributed by atoms with Gasteiger partial charge in [0.25, 0.3) is 5.91 Å². The third-order valence-electron chi connectivity index (χ3n) is 5.36. The fourth-order valence-corrected chi connectivity index (χ4v) is 3.95. The molecule has 3 heterocycles. The van der Waals surface area contributed by atoms with Crippen molar-refractivity contribution in [2.75, 3.05) is 19.8 Å². The molecule has 0 radical (unpaired) electrons. The first-order chi connectivity index (χ1) is 13.6. The molecular weight excluding hydrogens is 380 g/mol. The van der Waals surface area contributed by atoms with Crippen molar-refractivity contribution >= 4 is 29.1 Å². The van der Waals surface area contributed by atoms with Crippen LogP contribution in [-0.4, -0.2) is 53.2 Å². The minimum absolute atomic E-state index is 0.0452. The number of likely N-dealkylation sites (tertiary alicyclic amines) is 1. The molecule has 7 heteroatoms. The Bertz CT molecular complexity index is 922. The minimum Gasteiger partial charge on any atom is -0.381 e. The highest BCUT2D eigenvalue weighted by molar-refractivity contribution is 6.43. The van der Waals surface area contributed by atoms with Gasteiger partial charge in [0, 0.05) is 54.3 Å². The average molecular weight is 399 g/mol. The van der Waals surface area contributed by atoms with Gasteiger partial charge in [-0.2, -0.15) is 0 Å². The van der Waals surface area contributed by atoms with E-state index in [2.05, 4.69) is 4.98 Å². The summed E-state index contributed by atoms with van der Waals surface area (Å²) in [6.45, 7) is 1.25. The van der Waals surface area contributed by atoms with Crippen molar-refractivity contribution in [3.05, 3.63) is 53.3 Å². The molecule has 0 saturated carbocycles. The topological polar surface area (TPSA) is 76.6 Å². The van der Waals surface area contributed by atoms with Gasteiger partial charge in [0.15, 0.2) is 5.78 Å². The Morgan fingerprint density at radius 3 is 2.54 bits per heavy atom. The number of carbonyl (C=O) groups excluding carboxylic acids is 3. The average Bonchev–Trinajstić information content (AvgIpc) is 3.03. The molecular formula is C21H19ClN2O4. The highest BCUT2D eigenvalue weighted by atomic mass is 35.5. The Kier molecular flexibility index (Phi) is 5.24. The van der Waals surface area contributed by atoms with Gasteiger partial charge in [-0.05, 0) is 36.6 Å². The van der Waals surface area contributed by atoms with E-state index in [0.29, 0.717) is 42.2 Å². The molecule has 28 heavy (non-hydrogen) atoms. The molecule has 144 valence electrons. The van der Waals surface area contributed by atoms with Crippen LogP contribution in [0.15, 0.2) is 42.7 Å². The standard InChI is InChI=1S/C21H19ClN2O4/c22-14-3-1-13(2-4-14)17-11-23-8-5-16(17)19(25)18-12-24(21(27)20(18)26)15-6-9-28-10-7-15/h1-5,8,11,15,18H,6-7,9-10,12H2. The van der Waals surface area contributed by atoms with Crippen molar-refractivity contribution in [2.24, 2.45) is 5.92 Å². The van der Waals surface area contributed by atoms with Gasteiger partial charge in [-0.1, -0.05) is 23.7 Å². The van der Waals surface area contributed by atoms with Crippen molar-refractivity contribution < 1.29 is 19.1 Å². The molecule has 2 aliphatic heterocycles. The summed E-state index contributed by atoms with van der Waals surface area (Å²) in [6.07, 6.45) is 4.48. The van der Waals surface area contributed by atoms with Crippen molar-refractivity contribution in [3.63, 3.8) is 0 Å². The lowest BCUT2D eigenvalue weighted by atomic mass is 9.91. The normalized spacial score (nSPS) is 20.6. The Morgan fingerprint density at radius 2 is 1.82 bits per heavy atom. The fraction of sp³-hybridized carbons (Fsp3) is 0.333. The molecule has 1 unspecified atom stereocenters. The van der Waals surface area contributed by atoms with Crippen LogP contribution in [-0.2, 0) is 14.3 Å². The molecule has 6 nitrogen and oxygen atoms in total. The quantitative estimate of drug-likeness (QED) is 0.449. The highest BCUT2D eigenvalue weighted by Crippen LogP contribution is 2.30. The zero-order chi connectivity index (χ0) is 19.7. The number of hydrogen-bond acceptors (Lipinski definition) is 5. The van der Waals surface area contributed by atoms with Crippen LogP contribution >= 0.6 is 11.6 Å². The number of ether oxygens (including phenoxy) is 1. The Morgan fingerprint density at radius 1 is 1.11 bits per heavy atom. The predicted octanol–water partition coefficient (Wildman–Crippen LogP) is 2.79. The number of hydrogen-bond donors (Lipinski definition) is 0. The molecule has 1 atom stereocenters. The molecule has 0 N–H and O–H groups in total.